The van der Waals surface area contributed by atoms with E-state index in [4.69, 9.17) is 5.11 Å². The Balaban J connectivity index is 0.000000561. The van der Waals surface area contributed by atoms with Gasteiger partial charge in [0.25, 0.3) is 0 Å². The van der Waals surface area contributed by atoms with Crippen LogP contribution in [0.4, 0.5) is 0 Å². The average molecular weight is 284 g/mol. The zero-order chi connectivity index (χ0) is 9.40. The molecular weight excluding hydrogens is 263 g/mol. The summed E-state index contributed by atoms with van der Waals surface area (Å²) in [6.45, 7) is 4.41. The van der Waals surface area contributed by atoms with Gasteiger partial charge in [-0.05, 0) is 37.5 Å². The molecule has 0 aromatic rings. The number of alkyl halides is 1. The highest BCUT2D eigenvalue weighted by Crippen LogP contribution is 2.29. The summed E-state index contributed by atoms with van der Waals surface area (Å²) < 4.78 is 1.30. The molecule has 0 atom stereocenters. The Morgan fingerprint density at radius 3 is 1.83 bits per heavy atom. The molecule has 0 aromatic carbocycles. The van der Waals surface area contributed by atoms with Gasteiger partial charge in [0.05, 0.1) is 0 Å². The summed E-state index contributed by atoms with van der Waals surface area (Å²) in [5, 5.41) is 8.85. The van der Waals surface area contributed by atoms with Crippen LogP contribution in [-0.4, -0.2) is 16.1 Å². The van der Waals surface area contributed by atoms with Crippen LogP contribution in [-0.2, 0) is 0 Å². The first-order valence-electron chi connectivity index (χ1n) is 5.03. The van der Waals surface area contributed by atoms with Gasteiger partial charge in [0.15, 0.2) is 0 Å². The fraction of sp³-hybridized carbons (Fsp3) is 1.00. The van der Waals surface area contributed by atoms with E-state index < -0.39 is 0 Å². The number of halogens is 1. The van der Waals surface area contributed by atoms with Crippen molar-refractivity contribution in [3.8, 4) is 0 Å². The minimum Gasteiger partial charge on any atom is -0.396 e. The Morgan fingerprint density at radius 1 is 1.08 bits per heavy atom. The second-order valence-electron chi connectivity index (χ2n) is 3.22. The van der Waals surface area contributed by atoms with Crippen LogP contribution in [0.2, 0.25) is 0 Å². The second kappa shape index (κ2) is 8.30. The van der Waals surface area contributed by atoms with Gasteiger partial charge in [0, 0.05) is 11.0 Å². The predicted molar refractivity (Wildman–Crippen MR) is 62.8 cm³/mol. The Morgan fingerprint density at radius 2 is 1.50 bits per heavy atom. The van der Waals surface area contributed by atoms with Crippen molar-refractivity contribution in [1.29, 1.82) is 0 Å². The molecule has 2 heteroatoms. The first-order chi connectivity index (χ1) is 5.86. The summed E-state index contributed by atoms with van der Waals surface area (Å²) in [4.78, 5) is 0. The molecule has 0 radical (unpaired) electrons. The molecule has 1 rings (SSSR count). The Bertz CT molecular complexity index is 75.8. The first kappa shape index (κ1) is 12.7. The summed E-state index contributed by atoms with van der Waals surface area (Å²) in [6.07, 6.45) is 5.19. The largest absolute Gasteiger partial charge is 0.396 e. The van der Waals surface area contributed by atoms with E-state index >= 15 is 0 Å². The standard InChI is InChI=1S/C8H15IO.C2H6/c9-5-7-1-3-8(6-10)4-2-7;1-2/h7-8,10H,1-6H2;1-2H3. The summed E-state index contributed by atoms with van der Waals surface area (Å²) >= 11 is 2.46. The van der Waals surface area contributed by atoms with E-state index in [0.717, 1.165) is 5.92 Å². The molecule has 0 aliphatic heterocycles. The van der Waals surface area contributed by atoms with Crippen molar-refractivity contribution >= 4 is 22.6 Å². The maximum atomic E-state index is 8.85. The van der Waals surface area contributed by atoms with Crippen LogP contribution >= 0.6 is 22.6 Å². The Hall–Kier alpha value is 0.690. The van der Waals surface area contributed by atoms with E-state index in [0.29, 0.717) is 12.5 Å². The van der Waals surface area contributed by atoms with Gasteiger partial charge in [0.1, 0.15) is 0 Å². The van der Waals surface area contributed by atoms with E-state index in [1.54, 1.807) is 0 Å². The van der Waals surface area contributed by atoms with Gasteiger partial charge in [-0.2, -0.15) is 0 Å². The van der Waals surface area contributed by atoms with Gasteiger partial charge < -0.3 is 5.11 Å². The lowest BCUT2D eigenvalue weighted by atomic mass is 9.83. The molecule has 0 heterocycles. The van der Waals surface area contributed by atoms with Crippen LogP contribution in [0, 0.1) is 11.8 Å². The average Bonchev–Trinajstić information content (AvgIpc) is 2.21. The Kier molecular flexibility index (Phi) is 8.77. The molecule has 1 fully saturated rings. The topological polar surface area (TPSA) is 20.2 Å². The van der Waals surface area contributed by atoms with Crippen LogP contribution in [0.1, 0.15) is 39.5 Å². The molecule has 1 saturated carbocycles. The molecule has 1 N–H and O–H groups in total. The second-order valence-corrected chi connectivity index (χ2v) is 4.10. The number of hydrogen-bond donors (Lipinski definition) is 1. The van der Waals surface area contributed by atoms with Gasteiger partial charge in [-0.1, -0.05) is 36.4 Å². The number of aliphatic hydroxyl groups is 1. The molecule has 0 amide bonds. The van der Waals surface area contributed by atoms with Crippen LogP contribution in [0.3, 0.4) is 0 Å². The predicted octanol–water partition coefficient (Wildman–Crippen LogP) is 3.25. The van der Waals surface area contributed by atoms with Crippen LogP contribution in [0.5, 0.6) is 0 Å². The van der Waals surface area contributed by atoms with Crippen molar-refractivity contribution in [3.05, 3.63) is 0 Å². The lowest BCUT2D eigenvalue weighted by Crippen LogP contribution is -2.17. The number of hydrogen-bond acceptors (Lipinski definition) is 1. The van der Waals surface area contributed by atoms with E-state index in [2.05, 4.69) is 22.6 Å². The molecule has 0 unspecified atom stereocenters. The zero-order valence-electron chi connectivity index (χ0n) is 8.22. The normalized spacial score (nSPS) is 29.0. The van der Waals surface area contributed by atoms with Gasteiger partial charge in [0.2, 0.25) is 0 Å². The monoisotopic (exact) mass is 284 g/mol. The third-order valence-electron chi connectivity index (χ3n) is 2.44. The van der Waals surface area contributed by atoms with Crippen molar-refractivity contribution in [2.24, 2.45) is 11.8 Å². The summed E-state index contributed by atoms with van der Waals surface area (Å²) in [6, 6.07) is 0. The number of aliphatic hydroxyl groups excluding tert-OH is 1. The van der Waals surface area contributed by atoms with Gasteiger partial charge in [-0.3, -0.25) is 0 Å². The molecular formula is C10H21IO. The molecule has 74 valence electrons. The fourth-order valence-corrected chi connectivity index (χ4v) is 2.45. The summed E-state index contributed by atoms with van der Waals surface area (Å²) in [5.41, 5.74) is 0. The van der Waals surface area contributed by atoms with Crippen molar-refractivity contribution in [3.63, 3.8) is 0 Å². The van der Waals surface area contributed by atoms with Gasteiger partial charge in [-0.15, -0.1) is 0 Å². The molecule has 0 aromatic heterocycles. The Labute approximate surface area is 90.1 Å². The lowest BCUT2D eigenvalue weighted by molar-refractivity contribution is 0.173. The third kappa shape index (κ3) is 4.65. The molecule has 1 aliphatic rings. The van der Waals surface area contributed by atoms with Crippen LogP contribution in [0.15, 0.2) is 0 Å². The van der Waals surface area contributed by atoms with Crippen molar-refractivity contribution in [1.82, 2.24) is 0 Å². The SMILES string of the molecule is CC.OCC1CCC(CI)CC1. The first-order valence-corrected chi connectivity index (χ1v) is 6.56. The maximum absolute atomic E-state index is 8.85. The third-order valence-corrected chi connectivity index (χ3v) is 3.69. The summed E-state index contributed by atoms with van der Waals surface area (Å²) in [5.74, 6) is 1.57. The minimum absolute atomic E-state index is 0.411. The fourth-order valence-electron chi connectivity index (χ4n) is 1.57. The van der Waals surface area contributed by atoms with Crippen LogP contribution in [0.25, 0.3) is 0 Å². The van der Waals surface area contributed by atoms with Gasteiger partial charge in [-0.25, -0.2) is 0 Å². The van der Waals surface area contributed by atoms with Gasteiger partial charge >= 0.3 is 0 Å². The van der Waals surface area contributed by atoms with Crippen molar-refractivity contribution in [2.45, 2.75) is 39.5 Å². The number of rotatable bonds is 2. The van der Waals surface area contributed by atoms with Crippen molar-refractivity contribution < 1.29 is 5.11 Å². The smallest absolute Gasteiger partial charge is 0.0459 e. The molecule has 0 spiro atoms. The van der Waals surface area contributed by atoms with E-state index in [-0.39, 0.29) is 0 Å². The molecule has 0 bridgehead atoms. The molecule has 12 heavy (non-hydrogen) atoms. The molecule has 1 aliphatic carbocycles. The summed E-state index contributed by atoms with van der Waals surface area (Å²) in [7, 11) is 0. The minimum atomic E-state index is 0.411. The van der Waals surface area contributed by atoms with Crippen LogP contribution < -0.4 is 0 Å². The quantitative estimate of drug-likeness (QED) is 0.609. The highest BCUT2D eigenvalue weighted by molar-refractivity contribution is 14.1. The van der Waals surface area contributed by atoms with E-state index in [1.165, 1.54) is 30.1 Å². The highest BCUT2D eigenvalue weighted by Gasteiger charge is 2.18. The lowest BCUT2D eigenvalue weighted by Gasteiger charge is -2.25. The molecule has 0 saturated heterocycles. The van der Waals surface area contributed by atoms with E-state index in [9.17, 15) is 0 Å². The maximum Gasteiger partial charge on any atom is 0.0459 e. The van der Waals surface area contributed by atoms with E-state index in [1.807, 2.05) is 13.8 Å². The van der Waals surface area contributed by atoms with Crippen molar-refractivity contribution in [2.75, 3.05) is 11.0 Å². The highest BCUT2D eigenvalue weighted by atomic mass is 127. The molecule has 1 nitrogen and oxygen atoms in total. The zero-order valence-corrected chi connectivity index (χ0v) is 10.4.